The molecule has 0 aromatic carbocycles. The number of aliphatic hydroxyl groups is 3. The molecule has 0 saturated heterocycles. The lowest BCUT2D eigenvalue weighted by molar-refractivity contribution is -0.159. The first-order valence-corrected chi connectivity index (χ1v) is 8.98. The van der Waals surface area contributed by atoms with Crippen LogP contribution in [-0.2, 0) is 4.79 Å². The molecule has 0 unspecified atom stereocenters. The minimum Gasteiger partial charge on any atom is -0.393 e. The van der Waals surface area contributed by atoms with Crippen LogP contribution in [0.2, 0.25) is 0 Å². The summed E-state index contributed by atoms with van der Waals surface area (Å²) in [6, 6.07) is 0. The number of allylic oxidation sites excluding steroid dienone is 2. The number of carbonyl (C=O) groups excluding carboxylic acids is 1. The second-order valence-corrected chi connectivity index (χ2v) is 8.52. The Morgan fingerprint density at radius 1 is 1.22 bits per heavy atom. The van der Waals surface area contributed by atoms with Gasteiger partial charge in [0.15, 0.2) is 5.78 Å². The van der Waals surface area contributed by atoms with E-state index in [2.05, 4.69) is 13.0 Å². The summed E-state index contributed by atoms with van der Waals surface area (Å²) < 4.78 is 0. The van der Waals surface area contributed by atoms with Gasteiger partial charge in [-0.25, -0.2) is 0 Å². The SMILES string of the molecule is C[C@@]12CCC[C@](O)(CO)[C@H]1CCC1=C[C@@](C)(C(=O)CO)CC[C@H]12. The number of aliphatic hydroxyl groups excluding tert-OH is 2. The summed E-state index contributed by atoms with van der Waals surface area (Å²) in [6.45, 7) is 3.66. The second kappa shape index (κ2) is 5.68. The fourth-order valence-corrected chi connectivity index (χ4v) is 5.87. The first kappa shape index (κ1) is 17.1. The molecule has 4 nitrogen and oxygen atoms in total. The van der Waals surface area contributed by atoms with Gasteiger partial charge in [-0.3, -0.25) is 4.79 Å². The molecule has 3 aliphatic carbocycles. The highest BCUT2D eigenvalue weighted by Gasteiger charge is 2.57. The molecule has 0 aromatic rings. The van der Waals surface area contributed by atoms with Gasteiger partial charge in [-0.05, 0) is 69.1 Å². The van der Waals surface area contributed by atoms with E-state index in [-0.39, 0.29) is 23.7 Å². The summed E-state index contributed by atoms with van der Waals surface area (Å²) >= 11 is 0. The van der Waals surface area contributed by atoms with Crippen LogP contribution in [0.4, 0.5) is 0 Å². The van der Waals surface area contributed by atoms with Crippen molar-refractivity contribution in [1.82, 2.24) is 0 Å². The van der Waals surface area contributed by atoms with E-state index in [1.165, 1.54) is 5.57 Å². The number of carbonyl (C=O) groups is 1. The standard InChI is InChI=1S/C19H30O4/c1-17(16(22)11-20)9-6-14-13(10-17)4-5-15-18(14,2)7-3-8-19(15,23)12-21/h10,14-15,20-21,23H,3-9,11-12H2,1-2H3/t14-,15+,17+,18+,19+/m1/s1. The maximum atomic E-state index is 12.1. The smallest absolute Gasteiger partial charge is 0.167 e. The van der Waals surface area contributed by atoms with Gasteiger partial charge in [0.25, 0.3) is 0 Å². The molecule has 0 heterocycles. The first-order valence-electron chi connectivity index (χ1n) is 8.98. The van der Waals surface area contributed by atoms with Crippen LogP contribution in [0, 0.1) is 22.7 Å². The minimum atomic E-state index is -0.944. The van der Waals surface area contributed by atoms with Gasteiger partial charge < -0.3 is 15.3 Å². The van der Waals surface area contributed by atoms with Crippen molar-refractivity contribution in [3.05, 3.63) is 11.6 Å². The van der Waals surface area contributed by atoms with Gasteiger partial charge in [0.05, 0.1) is 12.2 Å². The Morgan fingerprint density at radius 3 is 2.61 bits per heavy atom. The third-order valence-corrected chi connectivity index (χ3v) is 7.25. The van der Waals surface area contributed by atoms with Crippen molar-refractivity contribution in [3.8, 4) is 0 Å². The van der Waals surface area contributed by atoms with E-state index in [0.717, 1.165) is 38.5 Å². The molecular formula is C19H30O4. The summed E-state index contributed by atoms with van der Waals surface area (Å²) in [6.07, 6.45) is 8.29. The quantitative estimate of drug-likeness (QED) is 0.696. The number of ketones is 1. The zero-order chi connectivity index (χ0) is 16.9. The molecule has 2 fully saturated rings. The minimum absolute atomic E-state index is 0.00338. The van der Waals surface area contributed by atoms with Gasteiger partial charge in [0.2, 0.25) is 0 Å². The molecule has 3 N–H and O–H groups in total. The molecule has 0 aromatic heterocycles. The number of rotatable bonds is 3. The molecular weight excluding hydrogens is 292 g/mol. The van der Waals surface area contributed by atoms with Crippen LogP contribution in [0.25, 0.3) is 0 Å². The van der Waals surface area contributed by atoms with Crippen LogP contribution in [-0.4, -0.2) is 39.9 Å². The molecule has 3 rings (SSSR count). The summed E-state index contributed by atoms with van der Waals surface area (Å²) in [5, 5.41) is 29.9. The third-order valence-electron chi connectivity index (χ3n) is 7.25. The van der Waals surface area contributed by atoms with E-state index < -0.39 is 17.6 Å². The van der Waals surface area contributed by atoms with Gasteiger partial charge in [-0.1, -0.05) is 18.6 Å². The molecule has 0 radical (unpaired) electrons. The normalized spacial score (nSPS) is 46.6. The molecule has 23 heavy (non-hydrogen) atoms. The average Bonchev–Trinajstić information content (AvgIpc) is 2.53. The second-order valence-electron chi connectivity index (χ2n) is 8.52. The summed E-state index contributed by atoms with van der Waals surface area (Å²) in [4.78, 5) is 12.1. The lowest BCUT2D eigenvalue weighted by Gasteiger charge is -2.59. The van der Waals surface area contributed by atoms with Crippen LogP contribution in [0.1, 0.15) is 58.8 Å². The van der Waals surface area contributed by atoms with Gasteiger partial charge in [0, 0.05) is 5.41 Å². The number of hydrogen-bond acceptors (Lipinski definition) is 4. The topological polar surface area (TPSA) is 77.8 Å². The molecule has 0 aliphatic heterocycles. The molecule has 0 bridgehead atoms. The molecule has 3 aliphatic rings. The van der Waals surface area contributed by atoms with Crippen LogP contribution in [0.15, 0.2) is 11.6 Å². The Kier molecular flexibility index (Phi) is 4.23. The van der Waals surface area contributed by atoms with Crippen LogP contribution < -0.4 is 0 Å². The number of hydrogen-bond donors (Lipinski definition) is 3. The average molecular weight is 322 g/mol. The van der Waals surface area contributed by atoms with Crippen LogP contribution in [0.3, 0.4) is 0 Å². The van der Waals surface area contributed by atoms with E-state index in [1.54, 1.807) is 0 Å². The van der Waals surface area contributed by atoms with E-state index >= 15 is 0 Å². The Labute approximate surface area is 138 Å². The molecule has 4 heteroatoms. The molecule has 0 amide bonds. The Bertz CT molecular complexity index is 527. The van der Waals surface area contributed by atoms with Crippen molar-refractivity contribution >= 4 is 5.78 Å². The van der Waals surface area contributed by atoms with Gasteiger partial charge in [0.1, 0.15) is 6.61 Å². The molecule has 5 atom stereocenters. The molecule has 0 spiro atoms. The highest BCUT2D eigenvalue weighted by Crippen LogP contribution is 2.61. The fourth-order valence-electron chi connectivity index (χ4n) is 5.87. The summed E-state index contributed by atoms with van der Waals surface area (Å²) in [7, 11) is 0. The van der Waals surface area contributed by atoms with Crippen molar-refractivity contribution in [3.63, 3.8) is 0 Å². The van der Waals surface area contributed by atoms with Crippen LogP contribution >= 0.6 is 0 Å². The van der Waals surface area contributed by atoms with Gasteiger partial charge in [-0.15, -0.1) is 0 Å². The van der Waals surface area contributed by atoms with Gasteiger partial charge >= 0.3 is 0 Å². The number of Topliss-reactive ketones (excluding diaryl/α,β-unsaturated/α-hetero) is 1. The van der Waals surface area contributed by atoms with Crippen molar-refractivity contribution in [2.24, 2.45) is 22.7 Å². The van der Waals surface area contributed by atoms with Crippen molar-refractivity contribution in [2.75, 3.05) is 13.2 Å². The molecule has 130 valence electrons. The first-order chi connectivity index (χ1) is 10.8. The Balaban J connectivity index is 1.94. The van der Waals surface area contributed by atoms with E-state index in [1.807, 2.05) is 6.92 Å². The zero-order valence-corrected chi connectivity index (χ0v) is 14.3. The maximum absolute atomic E-state index is 12.1. The lowest BCUT2D eigenvalue weighted by atomic mass is 9.47. The Hall–Kier alpha value is -0.710. The Morgan fingerprint density at radius 2 is 1.96 bits per heavy atom. The largest absolute Gasteiger partial charge is 0.393 e. The zero-order valence-electron chi connectivity index (χ0n) is 14.3. The van der Waals surface area contributed by atoms with Crippen LogP contribution in [0.5, 0.6) is 0 Å². The van der Waals surface area contributed by atoms with E-state index in [0.29, 0.717) is 12.3 Å². The monoisotopic (exact) mass is 322 g/mol. The number of fused-ring (bicyclic) bond motifs is 3. The van der Waals surface area contributed by atoms with Gasteiger partial charge in [-0.2, -0.15) is 0 Å². The summed E-state index contributed by atoms with van der Waals surface area (Å²) in [5.41, 5.74) is -0.142. The third kappa shape index (κ3) is 2.50. The van der Waals surface area contributed by atoms with Crippen molar-refractivity contribution in [2.45, 2.75) is 64.4 Å². The predicted molar refractivity (Wildman–Crippen MR) is 87.7 cm³/mol. The molecule has 2 saturated carbocycles. The fraction of sp³-hybridized carbons (Fsp3) is 0.842. The van der Waals surface area contributed by atoms with E-state index in [4.69, 9.17) is 0 Å². The highest BCUT2D eigenvalue weighted by molar-refractivity contribution is 5.87. The summed E-state index contributed by atoms with van der Waals surface area (Å²) in [5.74, 6) is 0.430. The highest BCUT2D eigenvalue weighted by atomic mass is 16.3. The predicted octanol–water partition coefficient (Wildman–Crippen LogP) is 2.21. The van der Waals surface area contributed by atoms with Crippen molar-refractivity contribution < 1.29 is 20.1 Å². The van der Waals surface area contributed by atoms with Crippen molar-refractivity contribution in [1.29, 1.82) is 0 Å². The lowest BCUT2D eigenvalue weighted by Crippen LogP contribution is -2.57. The van der Waals surface area contributed by atoms with E-state index in [9.17, 15) is 20.1 Å². The maximum Gasteiger partial charge on any atom is 0.167 e.